The number of amides is 2. The van der Waals surface area contributed by atoms with Crippen LogP contribution >= 0.6 is 23.5 Å². The Kier molecular flexibility index (Phi) is 7.88. The van der Waals surface area contributed by atoms with E-state index in [4.69, 9.17) is 4.74 Å². The number of ether oxygens (including phenoxy) is 1. The van der Waals surface area contributed by atoms with E-state index < -0.39 is 0 Å². The zero-order valence-corrected chi connectivity index (χ0v) is 23.2. The summed E-state index contributed by atoms with van der Waals surface area (Å²) >= 11 is 2.70. The van der Waals surface area contributed by atoms with Gasteiger partial charge in [0.05, 0.1) is 33.6 Å². The van der Waals surface area contributed by atoms with E-state index in [2.05, 4.69) is 30.6 Å². The Morgan fingerprint density at radius 3 is 1.44 bits per heavy atom. The maximum absolute atomic E-state index is 12.4. The van der Waals surface area contributed by atoms with Gasteiger partial charge < -0.3 is 25.3 Å². The van der Waals surface area contributed by atoms with Crippen LogP contribution in [0.5, 0.6) is 11.5 Å². The minimum atomic E-state index is -0.127. The van der Waals surface area contributed by atoms with Crippen molar-refractivity contribution in [3.8, 4) is 11.5 Å². The Labute approximate surface area is 243 Å². The molecule has 0 fully saturated rings. The summed E-state index contributed by atoms with van der Waals surface area (Å²) < 4.78 is 5.91. The highest BCUT2D eigenvalue weighted by Crippen LogP contribution is 2.26. The van der Waals surface area contributed by atoms with E-state index in [9.17, 15) is 9.59 Å². The number of para-hydroxylation sites is 4. The van der Waals surface area contributed by atoms with Crippen LogP contribution in [0.25, 0.3) is 22.1 Å². The first-order valence-electron chi connectivity index (χ1n) is 12.7. The van der Waals surface area contributed by atoms with E-state index in [1.807, 2.05) is 48.5 Å². The molecule has 6 rings (SSSR count). The van der Waals surface area contributed by atoms with Gasteiger partial charge in [-0.15, -0.1) is 0 Å². The lowest BCUT2D eigenvalue weighted by atomic mass is 10.3. The molecular formula is C30H24N6O3S2. The molecule has 4 N–H and O–H groups in total. The van der Waals surface area contributed by atoms with Gasteiger partial charge in [0, 0.05) is 11.4 Å². The SMILES string of the molecule is O=C(CSc1nc2ccccc2[nH]1)Nc1ccc(Oc2ccc(NC(=O)CSc3nc4ccccc4[nH]3)cc2)cc1. The first kappa shape index (κ1) is 26.5. The van der Waals surface area contributed by atoms with Crippen molar-refractivity contribution in [2.75, 3.05) is 22.1 Å². The van der Waals surface area contributed by atoms with E-state index in [1.165, 1.54) is 23.5 Å². The first-order chi connectivity index (χ1) is 20.1. The van der Waals surface area contributed by atoms with E-state index in [0.29, 0.717) is 33.2 Å². The van der Waals surface area contributed by atoms with Crippen LogP contribution in [0.3, 0.4) is 0 Å². The van der Waals surface area contributed by atoms with Gasteiger partial charge in [-0.25, -0.2) is 9.97 Å². The van der Waals surface area contributed by atoms with E-state index in [0.717, 1.165) is 22.1 Å². The molecule has 0 saturated heterocycles. The topological polar surface area (TPSA) is 125 Å². The van der Waals surface area contributed by atoms with Gasteiger partial charge in [0.15, 0.2) is 10.3 Å². The Bertz CT molecular complexity index is 1620. The number of benzene rings is 4. The number of aromatic nitrogens is 4. The molecule has 204 valence electrons. The molecular weight excluding hydrogens is 557 g/mol. The summed E-state index contributed by atoms with van der Waals surface area (Å²) in [6.07, 6.45) is 0. The van der Waals surface area contributed by atoms with Gasteiger partial charge in [-0.1, -0.05) is 47.8 Å². The molecule has 2 amide bonds. The van der Waals surface area contributed by atoms with E-state index in [1.54, 1.807) is 48.5 Å². The highest BCUT2D eigenvalue weighted by molar-refractivity contribution is 8.00. The molecule has 2 aromatic heterocycles. The number of hydrogen-bond donors (Lipinski definition) is 4. The fourth-order valence-electron chi connectivity index (χ4n) is 4.01. The van der Waals surface area contributed by atoms with Crippen molar-refractivity contribution in [3.05, 3.63) is 97.1 Å². The molecule has 4 aromatic carbocycles. The summed E-state index contributed by atoms with van der Waals surface area (Å²) in [6.45, 7) is 0. The van der Waals surface area contributed by atoms with Crippen molar-refractivity contribution in [1.82, 2.24) is 19.9 Å². The number of imidazole rings is 2. The van der Waals surface area contributed by atoms with Crippen molar-refractivity contribution in [3.63, 3.8) is 0 Å². The van der Waals surface area contributed by atoms with Crippen LogP contribution in [0, 0.1) is 0 Å². The largest absolute Gasteiger partial charge is 0.457 e. The highest BCUT2D eigenvalue weighted by Gasteiger charge is 2.09. The maximum atomic E-state index is 12.4. The maximum Gasteiger partial charge on any atom is 0.234 e. The van der Waals surface area contributed by atoms with Crippen molar-refractivity contribution >= 4 is 68.8 Å². The van der Waals surface area contributed by atoms with Gasteiger partial charge in [0.1, 0.15) is 11.5 Å². The van der Waals surface area contributed by atoms with Crippen LogP contribution in [0.2, 0.25) is 0 Å². The highest BCUT2D eigenvalue weighted by atomic mass is 32.2. The molecule has 0 aliphatic heterocycles. The zero-order valence-electron chi connectivity index (χ0n) is 21.6. The molecule has 6 aromatic rings. The Hall–Kier alpha value is -4.74. The van der Waals surface area contributed by atoms with Crippen molar-refractivity contribution in [1.29, 1.82) is 0 Å². The number of thioether (sulfide) groups is 2. The average molecular weight is 581 g/mol. The van der Waals surface area contributed by atoms with E-state index >= 15 is 0 Å². The second kappa shape index (κ2) is 12.2. The van der Waals surface area contributed by atoms with Crippen LogP contribution in [-0.2, 0) is 9.59 Å². The molecule has 0 atom stereocenters. The molecule has 2 heterocycles. The fourth-order valence-corrected chi connectivity index (χ4v) is 5.38. The first-order valence-corrected chi connectivity index (χ1v) is 14.7. The molecule has 0 bridgehead atoms. The number of aromatic amines is 2. The third-order valence-electron chi connectivity index (χ3n) is 5.93. The van der Waals surface area contributed by atoms with Gasteiger partial charge in [-0.3, -0.25) is 9.59 Å². The number of fused-ring (bicyclic) bond motifs is 2. The number of rotatable bonds is 10. The lowest BCUT2D eigenvalue weighted by Crippen LogP contribution is -2.14. The zero-order chi connectivity index (χ0) is 28.0. The van der Waals surface area contributed by atoms with Gasteiger partial charge in [0.2, 0.25) is 11.8 Å². The number of carbonyl (C=O) groups excluding carboxylic acids is 2. The Balaban J connectivity index is 0.949. The van der Waals surface area contributed by atoms with Crippen LogP contribution in [0.1, 0.15) is 0 Å². The minimum absolute atomic E-state index is 0.127. The molecule has 0 saturated carbocycles. The second-order valence-electron chi connectivity index (χ2n) is 8.94. The Morgan fingerprint density at radius 2 is 1.02 bits per heavy atom. The summed E-state index contributed by atoms with van der Waals surface area (Å²) in [4.78, 5) is 40.1. The number of carbonyl (C=O) groups is 2. The molecule has 0 spiro atoms. The van der Waals surface area contributed by atoms with Crippen LogP contribution in [0.15, 0.2) is 107 Å². The van der Waals surface area contributed by atoms with Crippen LogP contribution in [-0.4, -0.2) is 43.3 Å². The standard InChI is InChI=1S/C30H24N6O3S2/c37-27(17-40-29-33-23-5-1-2-6-24(23)34-29)31-19-9-13-21(14-10-19)39-22-15-11-20(12-16-22)32-28(38)18-41-30-35-25-7-3-4-8-26(25)36-30/h1-16H,17-18H2,(H,31,37)(H,32,38)(H,33,34)(H,35,36). The number of anilines is 2. The minimum Gasteiger partial charge on any atom is -0.457 e. The number of H-pyrrole nitrogens is 2. The average Bonchev–Trinajstić information content (AvgIpc) is 3.61. The molecule has 9 nitrogen and oxygen atoms in total. The van der Waals surface area contributed by atoms with Gasteiger partial charge in [-0.05, 0) is 72.8 Å². The summed E-state index contributed by atoms with van der Waals surface area (Å²) in [5, 5.41) is 7.18. The van der Waals surface area contributed by atoms with Crippen LogP contribution < -0.4 is 15.4 Å². The molecule has 0 unspecified atom stereocenters. The molecule has 41 heavy (non-hydrogen) atoms. The summed E-state index contributed by atoms with van der Waals surface area (Å²) in [5.41, 5.74) is 4.98. The quantitative estimate of drug-likeness (QED) is 0.133. The van der Waals surface area contributed by atoms with Gasteiger partial charge in [0.25, 0.3) is 0 Å². The lowest BCUT2D eigenvalue weighted by molar-refractivity contribution is -0.114. The van der Waals surface area contributed by atoms with Gasteiger partial charge in [-0.2, -0.15) is 0 Å². The van der Waals surface area contributed by atoms with Crippen molar-refractivity contribution < 1.29 is 14.3 Å². The van der Waals surface area contributed by atoms with Crippen LogP contribution in [0.4, 0.5) is 11.4 Å². The second-order valence-corrected chi connectivity index (χ2v) is 10.9. The molecule has 0 aliphatic rings. The molecule has 0 aliphatic carbocycles. The third-order valence-corrected chi connectivity index (χ3v) is 7.67. The molecule has 11 heteroatoms. The molecule has 0 radical (unpaired) electrons. The summed E-state index contributed by atoms with van der Waals surface area (Å²) in [5.74, 6) is 1.46. The monoisotopic (exact) mass is 580 g/mol. The lowest BCUT2D eigenvalue weighted by Gasteiger charge is -2.09. The van der Waals surface area contributed by atoms with E-state index in [-0.39, 0.29) is 23.3 Å². The number of nitrogens with one attached hydrogen (secondary N) is 4. The smallest absolute Gasteiger partial charge is 0.234 e. The van der Waals surface area contributed by atoms with Crippen molar-refractivity contribution in [2.24, 2.45) is 0 Å². The van der Waals surface area contributed by atoms with Crippen molar-refractivity contribution in [2.45, 2.75) is 10.3 Å². The van der Waals surface area contributed by atoms with Gasteiger partial charge >= 0.3 is 0 Å². The summed E-state index contributed by atoms with van der Waals surface area (Å²) in [7, 11) is 0. The summed E-state index contributed by atoms with van der Waals surface area (Å²) in [6, 6.07) is 29.8. The number of nitrogens with zero attached hydrogens (tertiary/aromatic N) is 2. The predicted molar refractivity (Wildman–Crippen MR) is 164 cm³/mol. The number of hydrogen-bond acceptors (Lipinski definition) is 7. The third kappa shape index (κ3) is 6.89. The Morgan fingerprint density at radius 1 is 0.610 bits per heavy atom. The normalized spacial score (nSPS) is 11.0. The fraction of sp³-hybridized carbons (Fsp3) is 0.0667. The predicted octanol–water partition coefficient (Wildman–Crippen LogP) is 6.69.